The molecule has 2 heterocycles. The molecule has 2 aliphatic rings. The van der Waals surface area contributed by atoms with E-state index in [0.717, 1.165) is 42.1 Å². The molecule has 0 aliphatic carbocycles. The maximum atomic E-state index is 12.8. The van der Waals surface area contributed by atoms with E-state index in [0.29, 0.717) is 11.1 Å². The summed E-state index contributed by atoms with van der Waals surface area (Å²) < 4.78 is 0. The lowest BCUT2D eigenvalue weighted by Gasteiger charge is -2.46. The van der Waals surface area contributed by atoms with Gasteiger partial charge in [0.05, 0.1) is 11.3 Å². The minimum Gasteiger partial charge on any atom is -0.354 e. The zero-order chi connectivity index (χ0) is 19.0. The molecule has 0 unspecified atom stereocenters. The summed E-state index contributed by atoms with van der Waals surface area (Å²) in [4.78, 5) is 30.8. The maximum Gasteiger partial charge on any atom is 0.257 e. The molecule has 0 bridgehead atoms. The SMILES string of the molecule is CSc1ccc(NC(=O)c2ccc3c(c2)N(C)[C@@H]2CCCCN2C3=O)cc1. The molecule has 0 saturated carbocycles. The molecule has 1 N–H and O–H groups in total. The van der Waals surface area contributed by atoms with Crippen LogP contribution in [0.4, 0.5) is 11.4 Å². The average Bonchev–Trinajstić information content (AvgIpc) is 2.72. The highest BCUT2D eigenvalue weighted by Crippen LogP contribution is 2.35. The lowest BCUT2D eigenvalue weighted by atomic mass is 9.97. The van der Waals surface area contributed by atoms with Crippen molar-refractivity contribution in [3.8, 4) is 0 Å². The zero-order valence-corrected chi connectivity index (χ0v) is 16.4. The molecule has 140 valence electrons. The van der Waals surface area contributed by atoms with Gasteiger partial charge in [-0.25, -0.2) is 0 Å². The lowest BCUT2D eigenvalue weighted by molar-refractivity contribution is 0.0589. The van der Waals surface area contributed by atoms with Crippen molar-refractivity contribution in [1.82, 2.24) is 4.90 Å². The van der Waals surface area contributed by atoms with Gasteiger partial charge in [-0.15, -0.1) is 11.8 Å². The zero-order valence-electron chi connectivity index (χ0n) is 15.6. The molecular formula is C21H23N3O2S. The second-order valence-electron chi connectivity index (χ2n) is 7.00. The topological polar surface area (TPSA) is 52.7 Å². The van der Waals surface area contributed by atoms with Crippen molar-refractivity contribution in [2.24, 2.45) is 0 Å². The monoisotopic (exact) mass is 381 g/mol. The van der Waals surface area contributed by atoms with E-state index in [1.807, 2.05) is 48.5 Å². The van der Waals surface area contributed by atoms with Gasteiger partial charge in [0, 0.05) is 29.7 Å². The molecule has 2 aliphatic heterocycles. The van der Waals surface area contributed by atoms with Crippen molar-refractivity contribution in [1.29, 1.82) is 0 Å². The summed E-state index contributed by atoms with van der Waals surface area (Å²) in [7, 11) is 2.01. The summed E-state index contributed by atoms with van der Waals surface area (Å²) in [5.74, 6) is -0.0889. The van der Waals surface area contributed by atoms with E-state index in [4.69, 9.17) is 0 Å². The van der Waals surface area contributed by atoms with Crippen molar-refractivity contribution in [2.75, 3.05) is 30.1 Å². The van der Waals surface area contributed by atoms with E-state index in [9.17, 15) is 9.59 Å². The van der Waals surface area contributed by atoms with E-state index in [1.165, 1.54) is 0 Å². The molecular weight excluding hydrogens is 358 g/mol. The summed E-state index contributed by atoms with van der Waals surface area (Å²) in [6.07, 6.45) is 5.27. The first kappa shape index (κ1) is 17.9. The third kappa shape index (κ3) is 3.30. The minimum absolute atomic E-state index is 0.0763. The normalized spacial score (nSPS) is 18.7. The van der Waals surface area contributed by atoms with Crippen LogP contribution < -0.4 is 10.2 Å². The molecule has 1 atom stereocenters. The number of carbonyl (C=O) groups excluding carboxylic acids is 2. The van der Waals surface area contributed by atoms with Crippen molar-refractivity contribution in [2.45, 2.75) is 30.3 Å². The molecule has 0 radical (unpaired) electrons. The van der Waals surface area contributed by atoms with Gasteiger partial charge in [-0.3, -0.25) is 9.59 Å². The number of hydrogen-bond donors (Lipinski definition) is 1. The highest BCUT2D eigenvalue weighted by atomic mass is 32.2. The van der Waals surface area contributed by atoms with Gasteiger partial charge in [0.25, 0.3) is 11.8 Å². The predicted molar refractivity (Wildman–Crippen MR) is 110 cm³/mol. The molecule has 27 heavy (non-hydrogen) atoms. The highest BCUT2D eigenvalue weighted by molar-refractivity contribution is 7.98. The Bertz CT molecular complexity index is 881. The Morgan fingerprint density at radius 1 is 1.15 bits per heavy atom. The number of rotatable bonds is 3. The first-order chi connectivity index (χ1) is 13.1. The Morgan fingerprint density at radius 2 is 1.93 bits per heavy atom. The van der Waals surface area contributed by atoms with E-state index in [-0.39, 0.29) is 18.0 Å². The molecule has 1 fully saturated rings. The fourth-order valence-corrected chi connectivity index (χ4v) is 4.30. The van der Waals surface area contributed by atoms with Gasteiger partial charge in [-0.1, -0.05) is 0 Å². The number of benzene rings is 2. The predicted octanol–water partition coefficient (Wildman–Crippen LogP) is 4.06. The van der Waals surface area contributed by atoms with Crippen molar-refractivity contribution in [3.63, 3.8) is 0 Å². The largest absolute Gasteiger partial charge is 0.354 e. The van der Waals surface area contributed by atoms with Crippen LogP contribution in [-0.4, -0.2) is 42.7 Å². The number of hydrogen-bond acceptors (Lipinski definition) is 4. The number of fused-ring (bicyclic) bond motifs is 2. The number of nitrogens with zero attached hydrogens (tertiary/aromatic N) is 2. The Labute approximate surface area is 163 Å². The van der Waals surface area contributed by atoms with Crippen LogP contribution in [0.3, 0.4) is 0 Å². The third-order valence-corrected chi connectivity index (χ3v) is 6.14. The molecule has 0 spiro atoms. The van der Waals surface area contributed by atoms with Crippen LogP contribution in [0.5, 0.6) is 0 Å². The molecule has 4 rings (SSSR count). The van der Waals surface area contributed by atoms with Gasteiger partial charge in [0.15, 0.2) is 0 Å². The van der Waals surface area contributed by atoms with Crippen molar-refractivity contribution < 1.29 is 9.59 Å². The Balaban J connectivity index is 1.59. The molecule has 6 heteroatoms. The fourth-order valence-electron chi connectivity index (χ4n) is 3.89. The molecule has 1 saturated heterocycles. The molecule has 2 aromatic carbocycles. The number of piperidine rings is 1. The Morgan fingerprint density at radius 3 is 2.67 bits per heavy atom. The summed E-state index contributed by atoms with van der Waals surface area (Å²) in [5, 5.41) is 2.94. The van der Waals surface area contributed by atoms with E-state index >= 15 is 0 Å². The van der Waals surface area contributed by atoms with Gasteiger partial charge in [0.1, 0.15) is 6.17 Å². The summed E-state index contributed by atoms with van der Waals surface area (Å²) in [6.45, 7) is 0.807. The molecule has 0 aromatic heterocycles. The highest BCUT2D eigenvalue weighted by Gasteiger charge is 2.37. The standard InChI is InChI=1S/C21H23N3O2S/c1-23-18-13-14(20(25)22-15-7-9-16(27-2)10-8-15)6-11-17(18)21(26)24-12-4-3-5-19(23)24/h6-11,13,19H,3-5,12H2,1-2H3,(H,22,25)/t19-/m0/s1. The van der Waals surface area contributed by atoms with Crippen LogP contribution in [0.2, 0.25) is 0 Å². The van der Waals surface area contributed by atoms with Gasteiger partial charge in [-0.2, -0.15) is 0 Å². The number of carbonyl (C=O) groups is 2. The second-order valence-corrected chi connectivity index (χ2v) is 7.88. The summed E-state index contributed by atoms with van der Waals surface area (Å²) in [6, 6.07) is 13.1. The smallest absolute Gasteiger partial charge is 0.257 e. The van der Waals surface area contributed by atoms with Crippen molar-refractivity contribution >= 4 is 35.0 Å². The van der Waals surface area contributed by atoms with Crippen LogP contribution >= 0.6 is 11.8 Å². The molecule has 2 amide bonds. The van der Waals surface area contributed by atoms with E-state index < -0.39 is 0 Å². The number of nitrogens with one attached hydrogen (secondary N) is 1. The first-order valence-corrected chi connectivity index (χ1v) is 10.4. The molecule has 2 aromatic rings. The third-order valence-electron chi connectivity index (χ3n) is 5.40. The number of anilines is 2. The Kier molecular flexibility index (Phi) is 4.83. The summed E-state index contributed by atoms with van der Waals surface area (Å²) in [5.41, 5.74) is 2.84. The number of thioether (sulfide) groups is 1. The van der Waals surface area contributed by atoms with Crippen LogP contribution in [-0.2, 0) is 0 Å². The van der Waals surface area contributed by atoms with Crippen LogP contribution in [0.15, 0.2) is 47.4 Å². The van der Waals surface area contributed by atoms with E-state index in [2.05, 4.69) is 10.2 Å². The lowest BCUT2D eigenvalue weighted by Crippen LogP contribution is -2.55. The first-order valence-electron chi connectivity index (χ1n) is 9.22. The maximum absolute atomic E-state index is 12.8. The van der Waals surface area contributed by atoms with Gasteiger partial charge < -0.3 is 15.1 Å². The van der Waals surface area contributed by atoms with Gasteiger partial charge in [0.2, 0.25) is 0 Å². The van der Waals surface area contributed by atoms with Gasteiger partial charge in [-0.05, 0) is 68.0 Å². The fraction of sp³-hybridized carbons (Fsp3) is 0.333. The number of amides is 2. The van der Waals surface area contributed by atoms with Crippen LogP contribution in [0.25, 0.3) is 0 Å². The Hall–Kier alpha value is -2.47. The second kappa shape index (κ2) is 7.27. The summed E-state index contributed by atoms with van der Waals surface area (Å²) >= 11 is 1.66. The average molecular weight is 382 g/mol. The molecule has 5 nitrogen and oxygen atoms in total. The quantitative estimate of drug-likeness (QED) is 0.815. The van der Waals surface area contributed by atoms with Crippen LogP contribution in [0.1, 0.15) is 40.0 Å². The van der Waals surface area contributed by atoms with Crippen molar-refractivity contribution in [3.05, 3.63) is 53.6 Å². The minimum atomic E-state index is -0.165. The van der Waals surface area contributed by atoms with Gasteiger partial charge >= 0.3 is 0 Å². The van der Waals surface area contributed by atoms with Crippen LogP contribution in [0, 0.1) is 0 Å². The van der Waals surface area contributed by atoms with E-state index in [1.54, 1.807) is 23.9 Å².